The van der Waals surface area contributed by atoms with Gasteiger partial charge >= 0.3 is 0 Å². The molecule has 1 heteroatoms. The molecule has 1 aliphatic rings. The summed E-state index contributed by atoms with van der Waals surface area (Å²) in [6.45, 7) is 5.74. The summed E-state index contributed by atoms with van der Waals surface area (Å²) < 4.78 is 2.52. The number of hydrogen-bond acceptors (Lipinski definition) is 0. The van der Waals surface area contributed by atoms with Gasteiger partial charge in [-0.1, -0.05) is 26.0 Å². The second-order valence-electron chi connectivity index (χ2n) is 5.22. The first-order chi connectivity index (χ1) is 7.75. The van der Waals surface area contributed by atoms with E-state index in [9.17, 15) is 0 Å². The van der Waals surface area contributed by atoms with Crippen LogP contribution in [0.5, 0.6) is 0 Å². The summed E-state index contributed by atoms with van der Waals surface area (Å²) in [7, 11) is 0. The van der Waals surface area contributed by atoms with Gasteiger partial charge in [0.05, 0.1) is 0 Å². The molecular weight excluding hydrogens is 194 g/mol. The first kappa shape index (κ1) is 9.95. The van der Waals surface area contributed by atoms with Gasteiger partial charge in [-0.15, -0.1) is 0 Å². The Morgan fingerprint density at radius 1 is 1.12 bits per heavy atom. The Bertz CT molecular complexity index is 519. The summed E-state index contributed by atoms with van der Waals surface area (Å²) >= 11 is 0. The number of hydrogen-bond donors (Lipinski definition) is 0. The molecule has 0 atom stereocenters. The van der Waals surface area contributed by atoms with Crippen molar-refractivity contribution >= 4 is 10.9 Å². The number of fused-ring (bicyclic) bond motifs is 3. The molecule has 1 aliphatic heterocycles. The van der Waals surface area contributed by atoms with Gasteiger partial charge in [-0.2, -0.15) is 0 Å². The first-order valence-corrected chi connectivity index (χ1v) is 6.38. The van der Waals surface area contributed by atoms with Gasteiger partial charge in [-0.25, -0.2) is 0 Å². The van der Waals surface area contributed by atoms with Gasteiger partial charge in [0.2, 0.25) is 0 Å². The van der Waals surface area contributed by atoms with Crippen LogP contribution >= 0.6 is 0 Å². The lowest BCUT2D eigenvalue weighted by atomic mass is 10.0. The molecule has 0 bridgehead atoms. The molecule has 1 aromatic heterocycles. The van der Waals surface area contributed by atoms with Crippen LogP contribution in [0, 0.1) is 0 Å². The van der Waals surface area contributed by atoms with E-state index in [1.54, 1.807) is 0 Å². The lowest BCUT2D eigenvalue weighted by Gasteiger charge is -2.16. The SMILES string of the molecule is CC(C)c1ccc2cc3n(c2c1)CCCC3. The van der Waals surface area contributed by atoms with Crippen LogP contribution in [-0.4, -0.2) is 4.57 Å². The average Bonchev–Trinajstić information content (AvgIpc) is 2.66. The maximum Gasteiger partial charge on any atom is 0.0485 e. The van der Waals surface area contributed by atoms with Crippen molar-refractivity contribution in [2.45, 2.75) is 45.6 Å². The van der Waals surface area contributed by atoms with Crippen molar-refractivity contribution < 1.29 is 0 Å². The summed E-state index contributed by atoms with van der Waals surface area (Å²) in [5, 5.41) is 1.42. The molecule has 0 fully saturated rings. The van der Waals surface area contributed by atoms with Crippen LogP contribution in [0.15, 0.2) is 24.3 Å². The summed E-state index contributed by atoms with van der Waals surface area (Å²) in [6.07, 6.45) is 3.95. The maximum atomic E-state index is 2.52. The van der Waals surface area contributed by atoms with Gasteiger partial charge in [0.1, 0.15) is 0 Å². The highest BCUT2D eigenvalue weighted by Gasteiger charge is 2.13. The predicted molar refractivity (Wildman–Crippen MR) is 69.0 cm³/mol. The lowest BCUT2D eigenvalue weighted by Crippen LogP contribution is -2.09. The van der Waals surface area contributed by atoms with Crippen molar-refractivity contribution in [1.82, 2.24) is 4.57 Å². The van der Waals surface area contributed by atoms with Crippen LogP contribution in [0.25, 0.3) is 10.9 Å². The summed E-state index contributed by atoms with van der Waals surface area (Å²) in [6, 6.07) is 9.32. The molecule has 0 amide bonds. The van der Waals surface area contributed by atoms with E-state index in [-0.39, 0.29) is 0 Å². The van der Waals surface area contributed by atoms with E-state index in [0.29, 0.717) is 5.92 Å². The van der Waals surface area contributed by atoms with Crippen LogP contribution < -0.4 is 0 Å². The molecule has 2 heterocycles. The van der Waals surface area contributed by atoms with Crippen molar-refractivity contribution in [3.8, 4) is 0 Å². The van der Waals surface area contributed by atoms with Gasteiger partial charge in [0.15, 0.2) is 0 Å². The highest BCUT2D eigenvalue weighted by Crippen LogP contribution is 2.28. The fourth-order valence-electron chi connectivity index (χ4n) is 2.73. The van der Waals surface area contributed by atoms with E-state index < -0.39 is 0 Å². The molecule has 84 valence electrons. The second kappa shape index (κ2) is 3.65. The van der Waals surface area contributed by atoms with Crippen molar-refractivity contribution in [1.29, 1.82) is 0 Å². The Kier molecular flexibility index (Phi) is 2.27. The Labute approximate surface area is 97.1 Å². The molecule has 1 aromatic carbocycles. The number of rotatable bonds is 1. The Hall–Kier alpha value is -1.24. The molecular formula is C15H19N. The van der Waals surface area contributed by atoms with Crippen molar-refractivity contribution in [3.05, 3.63) is 35.5 Å². The third kappa shape index (κ3) is 1.46. The molecule has 3 rings (SSSR count). The quantitative estimate of drug-likeness (QED) is 0.672. The standard InChI is InChI=1S/C15H19N/c1-11(2)12-6-7-13-9-14-5-3-4-8-16(14)15(13)10-12/h6-7,9-11H,3-5,8H2,1-2H3. The fraction of sp³-hybridized carbons (Fsp3) is 0.467. The molecule has 0 aliphatic carbocycles. The highest BCUT2D eigenvalue weighted by molar-refractivity contribution is 5.82. The molecule has 0 N–H and O–H groups in total. The van der Waals surface area contributed by atoms with Gasteiger partial charge in [-0.3, -0.25) is 0 Å². The zero-order valence-corrected chi connectivity index (χ0v) is 10.2. The van der Waals surface area contributed by atoms with E-state index in [1.807, 2.05) is 0 Å². The molecule has 0 saturated carbocycles. The van der Waals surface area contributed by atoms with Crippen molar-refractivity contribution in [3.63, 3.8) is 0 Å². The molecule has 2 aromatic rings. The minimum atomic E-state index is 0.624. The molecule has 16 heavy (non-hydrogen) atoms. The minimum absolute atomic E-state index is 0.624. The third-order valence-corrected chi connectivity index (χ3v) is 3.75. The lowest BCUT2D eigenvalue weighted by molar-refractivity contribution is 0.545. The van der Waals surface area contributed by atoms with Gasteiger partial charge in [0, 0.05) is 17.8 Å². The molecule has 0 unspecified atom stereocenters. The van der Waals surface area contributed by atoms with E-state index >= 15 is 0 Å². The third-order valence-electron chi connectivity index (χ3n) is 3.75. The number of nitrogens with zero attached hydrogens (tertiary/aromatic N) is 1. The molecule has 0 spiro atoms. The zero-order valence-electron chi connectivity index (χ0n) is 10.2. The van der Waals surface area contributed by atoms with E-state index in [1.165, 1.54) is 48.0 Å². The van der Waals surface area contributed by atoms with Crippen molar-refractivity contribution in [2.24, 2.45) is 0 Å². The normalized spacial score (nSPS) is 15.7. The molecule has 0 saturated heterocycles. The van der Waals surface area contributed by atoms with Crippen LogP contribution in [-0.2, 0) is 13.0 Å². The van der Waals surface area contributed by atoms with Gasteiger partial charge in [-0.05, 0) is 48.3 Å². The van der Waals surface area contributed by atoms with Crippen LogP contribution in [0.1, 0.15) is 43.9 Å². The summed E-state index contributed by atoms with van der Waals surface area (Å²) in [5.41, 5.74) is 4.43. The van der Waals surface area contributed by atoms with Gasteiger partial charge < -0.3 is 4.57 Å². The smallest absolute Gasteiger partial charge is 0.0485 e. The minimum Gasteiger partial charge on any atom is -0.345 e. The van der Waals surface area contributed by atoms with E-state index in [2.05, 4.69) is 42.7 Å². The van der Waals surface area contributed by atoms with Gasteiger partial charge in [0.25, 0.3) is 0 Å². The Morgan fingerprint density at radius 3 is 2.81 bits per heavy atom. The highest BCUT2D eigenvalue weighted by atomic mass is 15.0. The van der Waals surface area contributed by atoms with Crippen LogP contribution in [0.3, 0.4) is 0 Å². The van der Waals surface area contributed by atoms with Crippen LogP contribution in [0.2, 0.25) is 0 Å². The van der Waals surface area contributed by atoms with E-state index in [4.69, 9.17) is 0 Å². The topological polar surface area (TPSA) is 4.93 Å². The van der Waals surface area contributed by atoms with Crippen molar-refractivity contribution in [2.75, 3.05) is 0 Å². The fourth-order valence-corrected chi connectivity index (χ4v) is 2.73. The largest absolute Gasteiger partial charge is 0.345 e. The average molecular weight is 213 g/mol. The number of aryl methyl sites for hydroxylation is 2. The Balaban J connectivity index is 2.21. The summed E-state index contributed by atoms with van der Waals surface area (Å²) in [4.78, 5) is 0. The number of benzene rings is 1. The first-order valence-electron chi connectivity index (χ1n) is 6.38. The zero-order chi connectivity index (χ0) is 11.1. The summed E-state index contributed by atoms with van der Waals surface area (Å²) in [5.74, 6) is 0.624. The molecule has 0 radical (unpaired) electrons. The second-order valence-corrected chi connectivity index (χ2v) is 5.22. The number of aromatic nitrogens is 1. The predicted octanol–water partition coefficient (Wildman–Crippen LogP) is 4.10. The van der Waals surface area contributed by atoms with E-state index in [0.717, 1.165) is 0 Å². The monoisotopic (exact) mass is 213 g/mol. The molecule has 1 nitrogen and oxygen atoms in total. The maximum absolute atomic E-state index is 2.52. The van der Waals surface area contributed by atoms with Crippen LogP contribution in [0.4, 0.5) is 0 Å². The Morgan fingerprint density at radius 2 is 2.00 bits per heavy atom.